The molecule has 3 N–H and O–H groups in total. The third-order valence-corrected chi connectivity index (χ3v) is 3.56. The maximum atomic E-state index is 6.27. The molecule has 88 valence electrons. The molecule has 0 aromatic heterocycles. The van der Waals surface area contributed by atoms with E-state index < -0.39 is 0 Å². The summed E-state index contributed by atoms with van der Waals surface area (Å²) in [6.45, 7) is 7.19. The summed E-state index contributed by atoms with van der Waals surface area (Å²) in [6.07, 6.45) is 2.48. The molecule has 2 rings (SSSR count). The van der Waals surface area contributed by atoms with Gasteiger partial charge in [0.05, 0.1) is 13.2 Å². The predicted molar refractivity (Wildman–Crippen MR) is 60.8 cm³/mol. The number of ether oxygens (including phenoxy) is 1. The smallest absolute Gasteiger partial charge is 0.0594 e. The van der Waals surface area contributed by atoms with Crippen LogP contribution >= 0.6 is 0 Å². The van der Waals surface area contributed by atoms with Crippen molar-refractivity contribution in [2.45, 2.75) is 18.9 Å². The van der Waals surface area contributed by atoms with Crippen molar-refractivity contribution in [3.63, 3.8) is 0 Å². The average molecular weight is 213 g/mol. The third-order valence-electron chi connectivity index (χ3n) is 3.56. The van der Waals surface area contributed by atoms with Crippen molar-refractivity contribution >= 4 is 0 Å². The Morgan fingerprint density at radius 2 is 1.93 bits per heavy atom. The molecule has 2 aliphatic heterocycles. The molecule has 0 saturated carbocycles. The largest absolute Gasteiger partial charge is 0.379 e. The topological polar surface area (TPSA) is 50.5 Å². The molecule has 2 aliphatic rings. The van der Waals surface area contributed by atoms with E-state index in [0.29, 0.717) is 12.0 Å². The van der Waals surface area contributed by atoms with Crippen LogP contribution in [0.1, 0.15) is 12.8 Å². The fourth-order valence-corrected chi connectivity index (χ4v) is 2.50. The van der Waals surface area contributed by atoms with Crippen molar-refractivity contribution < 1.29 is 4.74 Å². The molecule has 0 aliphatic carbocycles. The minimum absolute atomic E-state index is 0.352. The van der Waals surface area contributed by atoms with E-state index in [9.17, 15) is 0 Å². The van der Waals surface area contributed by atoms with E-state index in [1.165, 1.54) is 12.8 Å². The van der Waals surface area contributed by atoms with Gasteiger partial charge >= 0.3 is 0 Å². The Balaban J connectivity index is 1.72. The van der Waals surface area contributed by atoms with Crippen molar-refractivity contribution in [3.05, 3.63) is 0 Å². The second kappa shape index (κ2) is 5.80. The summed E-state index contributed by atoms with van der Waals surface area (Å²) in [6, 6.07) is 0.352. The molecule has 4 nitrogen and oxygen atoms in total. The van der Waals surface area contributed by atoms with E-state index >= 15 is 0 Å². The average Bonchev–Trinajstić information content (AvgIpc) is 2.31. The van der Waals surface area contributed by atoms with Crippen LogP contribution in [-0.2, 0) is 4.74 Å². The zero-order valence-electron chi connectivity index (χ0n) is 9.45. The fourth-order valence-electron chi connectivity index (χ4n) is 2.50. The maximum absolute atomic E-state index is 6.27. The van der Waals surface area contributed by atoms with Crippen LogP contribution in [0.25, 0.3) is 0 Å². The van der Waals surface area contributed by atoms with Gasteiger partial charge < -0.3 is 15.8 Å². The van der Waals surface area contributed by atoms with Crippen molar-refractivity contribution in [3.8, 4) is 0 Å². The van der Waals surface area contributed by atoms with Crippen LogP contribution in [0.15, 0.2) is 0 Å². The van der Waals surface area contributed by atoms with E-state index in [1.807, 2.05) is 0 Å². The van der Waals surface area contributed by atoms with Crippen LogP contribution in [0.2, 0.25) is 0 Å². The monoisotopic (exact) mass is 213 g/mol. The number of nitrogens with two attached hydrogens (primary N) is 1. The Morgan fingerprint density at radius 1 is 1.27 bits per heavy atom. The molecule has 2 saturated heterocycles. The second-order valence-electron chi connectivity index (χ2n) is 4.66. The van der Waals surface area contributed by atoms with Gasteiger partial charge in [-0.05, 0) is 31.8 Å². The number of piperidine rings is 1. The lowest BCUT2D eigenvalue weighted by Gasteiger charge is -2.34. The molecule has 15 heavy (non-hydrogen) atoms. The summed E-state index contributed by atoms with van der Waals surface area (Å²) in [5, 5.41) is 3.38. The van der Waals surface area contributed by atoms with Crippen LogP contribution in [0.4, 0.5) is 0 Å². The lowest BCUT2D eigenvalue weighted by Crippen LogP contribution is -2.48. The van der Waals surface area contributed by atoms with E-state index in [0.717, 1.165) is 45.9 Å². The minimum atomic E-state index is 0.352. The highest BCUT2D eigenvalue weighted by Crippen LogP contribution is 2.16. The Kier molecular flexibility index (Phi) is 4.38. The third kappa shape index (κ3) is 3.41. The van der Waals surface area contributed by atoms with Gasteiger partial charge in [0.2, 0.25) is 0 Å². The Morgan fingerprint density at radius 3 is 2.60 bits per heavy atom. The van der Waals surface area contributed by atoms with Crippen molar-refractivity contribution in [2.75, 3.05) is 45.9 Å². The second-order valence-corrected chi connectivity index (χ2v) is 4.66. The number of rotatable bonds is 3. The van der Waals surface area contributed by atoms with Gasteiger partial charge in [-0.3, -0.25) is 4.90 Å². The maximum Gasteiger partial charge on any atom is 0.0594 e. The van der Waals surface area contributed by atoms with Crippen LogP contribution in [0, 0.1) is 5.92 Å². The highest BCUT2D eigenvalue weighted by Gasteiger charge is 2.22. The Hall–Kier alpha value is -0.160. The predicted octanol–water partition coefficient (Wildman–Crippen LogP) is -0.354. The highest BCUT2D eigenvalue weighted by molar-refractivity contribution is 4.81. The van der Waals surface area contributed by atoms with Gasteiger partial charge in [-0.1, -0.05) is 0 Å². The minimum Gasteiger partial charge on any atom is -0.379 e. The van der Waals surface area contributed by atoms with Gasteiger partial charge in [0.25, 0.3) is 0 Å². The zero-order chi connectivity index (χ0) is 10.5. The van der Waals surface area contributed by atoms with E-state index in [-0.39, 0.29) is 0 Å². The quantitative estimate of drug-likeness (QED) is 0.672. The zero-order valence-corrected chi connectivity index (χ0v) is 9.45. The SMILES string of the molecule is NC(CN1CCOCC1)C1CCNCC1. The molecule has 0 radical (unpaired) electrons. The van der Waals surface area contributed by atoms with Crippen LogP contribution in [0.5, 0.6) is 0 Å². The normalized spacial score (nSPS) is 27.8. The lowest BCUT2D eigenvalue weighted by molar-refractivity contribution is 0.0316. The van der Waals surface area contributed by atoms with Gasteiger partial charge in [-0.15, -0.1) is 0 Å². The summed E-state index contributed by atoms with van der Waals surface area (Å²) in [5.41, 5.74) is 6.27. The molecule has 0 bridgehead atoms. The number of hydrogen-bond acceptors (Lipinski definition) is 4. The summed E-state index contributed by atoms with van der Waals surface area (Å²) in [5.74, 6) is 0.717. The first-order chi connectivity index (χ1) is 7.36. The molecule has 1 unspecified atom stereocenters. The Labute approximate surface area is 92.1 Å². The summed E-state index contributed by atoms with van der Waals surface area (Å²) in [4.78, 5) is 2.44. The molecule has 0 spiro atoms. The molecule has 4 heteroatoms. The molecule has 0 aromatic carbocycles. The number of nitrogens with one attached hydrogen (secondary N) is 1. The summed E-state index contributed by atoms with van der Waals surface area (Å²) >= 11 is 0. The molecule has 0 amide bonds. The van der Waals surface area contributed by atoms with Crippen molar-refractivity contribution in [1.82, 2.24) is 10.2 Å². The standard InChI is InChI=1S/C11H23N3O/c12-11(10-1-3-13-4-2-10)9-14-5-7-15-8-6-14/h10-11,13H,1-9,12H2. The first-order valence-corrected chi connectivity index (χ1v) is 6.12. The first kappa shape index (κ1) is 11.3. The lowest BCUT2D eigenvalue weighted by atomic mass is 9.90. The molecule has 2 fully saturated rings. The van der Waals surface area contributed by atoms with Gasteiger partial charge in [-0.2, -0.15) is 0 Å². The Bertz CT molecular complexity index is 177. The summed E-state index contributed by atoms with van der Waals surface area (Å²) in [7, 11) is 0. The first-order valence-electron chi connectivity index (χ1n) is 6.12. The molecular formula is C11H23N3O. The van der Waals surface area contributed by atoms with Crippen LogP contribution in [-0.4, -0.2) is 56.9 Å². The van der Waals surface area contributed by atoms with E-state index in [4.69, 9.17) is 10.5 Å². The van der Waals surface area contributed by atoms with Gasteiger partial charge in [0, 0.05) is 25.7 Å². The van der Waals surface area contributed by atoms with E-state index in [1.54, 1.807) is 0 Å². The van der Waals surface area contributed by atoms with Gasteiger partial charge in [0.1, 0.15) is 0 Å². The highest BCUT2D eigenvalue weighted by atomic mass is 16.5. The number of nitrogens with zero attached hydrogens (tertiary/aromatic N) is 1. The summed E-state index contributed by atoms with van der Waals surface area (Å²) < 4.78 is 5.33. The van der Waals surface area contributed by atoms with Gasteiger partial charge in [0.15, 0.2) is 0 Å². The number of hydrogen-bond donors (Lipinski definition) is 2. The molecule has 1 atom stereocenters. The van der Waals surface area contributed by atoms with E-state index in [2.05, 4.69) is 10.2 Å². The fraction of sp³-hybridized carbons (Fsp3) is 1.00. The number of morpholine rings is 1. The van der Waals surface area contributed by atoms with Gasteiger partial charge in [-0.25, -0.2) is 0 Å². The van der Waals surface area contributed by atoms with Crippen molar-refractivity contribution in [1.29, 1.82) is 0 Å². The molecular weight excluding hydrogens is 190 g/mol. The van der Waals surface area contributed by atoms with Crippen LogP contribution in [0.3, 0.4) is 0 Å². The van der Waals surface area contributed by atoms with Crippen LogP contribution < -0.4 is 11.1 Å². The van der Waals surface area contributed by atoms with Crippen molar-refractivity contribution in [2.24, 2.45) is 11.7 Å². The molecule has 2 heterocycles. The molecule has 0 aromatic rings.